The number of anilines is 2. The first-order valence-electron chi connectivity index (χ1n) is 8.90. The summed E-state index contributed by atoms with van der Waals surface area (Å²) in [5.74, 6) is -0.436. The molecular formula is C20H16ClF3N4OS. The Bertz CT molecular complexity index is 1200. The van der Waals surface area contributed by atoms with E-state index >= 15 is 0 Å². The third kappa shape index (κ3) is 3.04. The van der Waals surface area contributed by atoms with Crippen LogP contribution in [0.4, 0.5) is 24.5 Å². The lowest BCUT2D eigenvalue weighted by Gasteiger charge is -2.29. The van der Waals surface area contributed by atoms with E-state index in [-0.39, 0.29) is 10.8 Å². The predicted octanol–water partition coefficient (Wildman–Crippen LogP) is 5.16. The smallest absolute Gasteiger partial charge is 0.304 e. The number of alkyl halides is 3. The van der Waals surface area contributed by atoms with Gasteiger partial charge in [-0.3, -0.25) is 14.4 Å². The molecule has 1 aromatic heterocycles. The first kappa shape index (κ1) is 20.6. The molecule has 4 rings (SSSR count). The summed E-state index contributed by atoms with van der Waals surface area (Å²) in [4.78, 5) is 16.0. The van der Waals surface area contributed by atoms with Crippen LogP contribution >= 0.6 is 23.8 Å². The van der Waals surface area contributed by atoms with E-state index in [1.807, 2.05) is 19.2 Å². The number of hydrogen-bond donors (Lipinski definition) is 0. The Kier molecular flexibility index (Phi) is 4.59. The molecule has 2 aromatic carbocycles. The van der Waals surface area contributed by atoms with Crippen LogP contribution in [0.1, 0.15) is 19.4 Å². The van der Waals surface area contributed by atoms with Crippen LogP contribution < -0.4 is 9.80 Å². The van der Waals surface area contributed by atoms with Gasteiger partial charge in [0.2, 0.25) is 0 Å². The Hall–Kier alpha value is -2.65. The summed E-state index contributed by atoms with van der Waals surface area (Å²) in [6.45, 7) is 3.35. The van der Waals surface area contributed by atoms with Gasteiger partial charge in [0.15, 0.2) is 5.11 Å². The highest BCUT2D eigenvalue weighted by Gasteiger charge is 2.50. The fraction of sp³-hybridized carbons (Fsp3) is 0.250. The zero-order chi connectivity index (χ0) is 22.0. The molecule has 0 atom stereocenters. The molecule has 2 heterocycles. The van der Waals surface area contributed by atoms with Gasteiger partial charge in [-0.1, -0.05) is 11.6 Å². The first-order chi connectivity index (χ1) is 13.9. The molecule has 0 bridgehead atoms. The van der Waals surface area contributed by atoms with Crippen molar-refractivity contribution in [1.29, 1.82) is 0 Å². The minimum atomic E-state index is -4.65. The number of nitrogens with zero attached hydrogens (tertiary/aromatic N) is 4. The van der Waals surface area contributed by atoms with Gasteiger partial charge in [-0.2, -0.15) is 18.3 Å². The zero-order valence-corrected chi connectivity index (χ0v) is 17.7. The van der Waals surface area contributed by atoms with Crippen molar-refractivity contribution in [2.75, 3.05) is 9.80 Å². The molecule has 10 heteroatoms. The van der Waals surface area contributed by atoms with Crippen molar-refractivity contribution in [2.45, 2.75) is 25.6 Å². The molecule has 0 aliphatic carbocycles. The van der Waals surface area contributed by atoms with Crippen LogP contribution in [0.3, 0.4) is 0 Å². The van der Waals surface area contributed by atoms with Gasteiger partial charge in [0.1, 0.15) is 5.54 Å². The Morgan fingerprint density at radius 3 is 2.43 bits per heavy atom. The van der Waals surface area contributed by atoms with Gasteiger partial charge in [-0.15, -0.1) is 0 Å². The van der Waals surface area contributed by atoms with Gasteiger partial charge in [0.05, 0.1) is 28.0 Å². The quantitative estimate of drug-likeness (QED) is 0.503. The molecule has 0 N–H and O–H groups in total. The number of carbonyl (C=O) groups excluding carboxylic acids is 1. The second-order valence-electron chi connectivity index (χ2n) is 7.49. The van der Waals surface area contributed by atoms with Gasteiger partial charge >= 0.3 is 6.18 Å². The number of halogens is 4. The average Bonchev–Trinajstić information content (AvgIpc) is 3.10. The molecular weight excluding hydrogens is 437 g/mol. The van der Waals surface area contributed by atoms with E-state index < -0.39 is 28.2 Å². The van der Waals surface area contributed by atoms with E-state index in [1.54, 1.807) is 35.7 Å². The zero-order valence-electron chi connectivity index (χ0n) is 16.2. The lowest BCUT2D eigenvalue weighted by Crippen LogP contribution is -2.44. The number of aromatic nitrogens is 2. The average molecular weight is 453 g/mol. The summed E-state index contributed by atoms with van der Waals surface area (Å²) in [6, 6.07) is 8.82. The monoisotopic (exact) mass is 452 g/mol. The van der Waals surface area contributed by atoms with Crippen LogP contribution in [0.5, 0.6) is 0 Å². The minimum Gasteiger partial charge on any atom is -0.304 e. The van der Waals surface area contributed by atoms with Crippen molar-refractivity contribution in [3.05, 3.63) is 53.2 Å². The fourth-order valence-corrected chi connectivity index (χ4v) is 4.36. The van der Waals surface area contributed by atoms with Crippen molar-refractivity contribution in [3.8, 4) is 0 Å². The van der Waals surface area contributed by atoms with E-state index in [2.05, 4.69) is 5.10 Å². The SMILES string of the molecule is Cn1ncc2cc(N3C(=S)N(c4ccc(Cl)c(C(F)(F)F)c4)C(=O)C3(C)C)ccc21. The molecule has 1 aliphatic heterocycles. The highest BCUT2D eigenvalue weighted by atomic mass is 35.5. The van der Waals surface area contributed by atoms with Crippen LogP contribution in [-0.2, 0) is 18.0 Å². The van der Waals surface area contributed by atoms with E-state index in [9.17, 15) is 18.0 Å². The lowest BCUT2D eigenvalue weighted by molar-refractivity contribution is -0.137. The first-order valence-corrected chi connectivity index (χ1v) is 9.69. The van der Waals surface area contributed by atoms with Gasteiger partial charge in [0.25, 0.3) is 5.91 Å². The summed E-state index contributed by atoms with van der Waals surface area (Å²) >= 11 is 11.3. The number of thiocarbonyl (C=S) groups is 1. The van der Waals surface area contributed by atoms with Gasteiger partial charge in [-0.05, 0) is 62.5 Å². The third-order valence-electron chi connectivity index (χ3n) is 5.17. The summed E-state index contributed by atoms with van der Waals surface area (Å²) < 4.78 is 41.7. The molecule has 0 saturated carbocycles. The predicted molar refractivity (Wildman–Crippen MR) is 114 cm³/mol. The third-order valence-corrected chi connectivity index (χ3v) is 5.86. The van der Waals surface area contributed by atoms with E-state index in [1.165, 1.54) is 6.07 Å². The molecule has 0 spiro atoms. The topological polar surface area (TPSA) is 41.4 Å². The molecule has 156 valence electrons. The Morgan fingerprint density at radius 1 is 1.10 bits per heavy atom. The van der Waals surface area contributed by atoms with E-state index in [0.29, 0.717) is 5.69 Å². The molecule has 5 nitrogen and oxygen atoms in total. The number of carbonyl (C=O) groups is 1. The number of fused-ring (bicyclic) bond motifs is 1. The summed E-state index contributed by atoms with van der Waals surface area (Å²) in [6.07, 6.45) is -2.96. The number of amides is 1. The molecule has 30 heavy (non-hydrogen) atoms. The van der Waals surface area contributed by atoms with Gasteiger partial charge < -0.3 is 4.90 Å². The van der Waals surface area contributed by atoms with Crippen LogP contribution in [0.2, 0.25) is 5.02 Å². The molecule has 1 aliphatic rings. The standard InChI is InChI=1S/C20H16ClF3N4OS/c1-19(2)17(29)27(12-4-6-15(21)14(9-12)20(22,23)24)18(30)28(19)13-5-7-16-11(8-13)10-25-26(16)3/h4-10H,1-3H3. The summed E-state index contributed by atoms with van der Waals surface area (Å²) in [5.41, 5.74) is -0.570. The van der Waals surface area contributed by atoms with Crippen LogP contribution in [-0.4, -0.2) is 26.3 Å². The van der Waals surface area contributed by atoms with E-state index in [4.69, 9.17) is 23.8 Å². The number of hydrogen-bond acceptors (Lipinski definition) is 3. The van der Waals surface area contributed by atoms with Crippen molar-refractivity contribution >= 4 is 57.1 Å². The van der Waals surface area contributed by atoms with Crippen LogP contribution in [0.25, 0.3) is 10.9 Å². The highest BCUT2D eigenvalue weighted by Crippen LogP contribution is 2.41. The van der Waals surface area contributed by atoms with Crippen molar-refractivity contribution in [2.24, 2.45) is 7.05 Å². The van der Waals surface area contributed by atoms with Gasteiger partial charge in [0, 0.05) is 18.1 Å². The summed E-state index contributed by atoms with van der Waals surface area (Å²) in [7, 11) is 1.82. The van der Waals surface area contributed by atoms with Crippen LogP contribution in [0.15, 0.2) is 42.6 Å². The van der Waals surface area contributed by atoms with E-state index in [0.717, 1.165) is 27.9 Å². The molecule has 1 saturated heterocycles. The lowest BCUT2D eigenvalue weighted by atomic mass is 10.0. The maximum atomic E-state index is 13.3. The minimum absolute atomic E-state index is 0.0137. The summed E-state index contributed by atoms with van der Waals surface area (Å²) in [5, 5.41) is 4.70. The van der Waals surface area contributed by atoms with Gasteiger partial charge in [-0.25, -0.2) is 0 Å². The fourth-order valence-electron chi connectivity index (χ4n) is 3.62. The second-order valence-corrected chi connectivity index (χ2v) is 8.26. The number of benzene rings is 2. The molecule has 0 unspecified atom stereocenters. The Morgan fingerprint density at radius 2 is 1.77 bits per heavy atom. The molecule has 1 fully saturated rings. The van der Waals surface area contributed by atoms with Crippen molar-refractivity contribution in [3.63, 3.8) is 0 Å². The molecule has 0 radical (unpaired) electrons. The number of rotatable bonds is 2. The second kappa shape index (κ2) is 6.68. The van der Waals surface area contributed by atoms with Crippen molar-refractivity contribution < 1.29 is 18.0 Å². The molecule has 1 amide bonds. The number of aryl methyl sites for hydroxylation is 1. The normalized spacial score (nSPS) is 16.8. The van der Waals surface area contributed by atoms with Crippen molar-refractivity contribution in [1.82, 2.24) is 9.78 Å². The Balaban J connectivity index is 1.81. The maximum absolute atomic E-state index is 13.3. The largest absolute Gasteiger partial charge is 0.417 e. The maximum Gasteiger partial charge on any atom is 0.417 e. The highest BCUT2D eigenvalue weighted by molar-refractivity contribution is 7.81. The van der Waals surface area contributed by atoms with Crippen LogP contribution in [0, 0.1) is 0 Å². The molecule has 3 aromatic rings. The Labute approximate surface area is 180 Å².